The van der Waals surface area contributed by atoms with E-state index in [0.29, 0.717) is 5.57 Å². The van der Waals surface area contributed by atoms with Crippen LogP contribution in [0, 0.1) is 10.8 Å². The second-order valence-corrected chi connectivity index (χ2v) is 12.9. The van der Waals surface area contributed by atoms with Crippen molar-refractivity contribution in [3.8, 4) is 0 Å². The Kier molecular flexibility index (Phi) is 22.0. The molecule has 0 amide bonds. The van der Waals surface area contributed by atoms with E-state index in [4.69, 9.17) is 34.0 Å². The fraction of sp³-hybridized carbons (Fsp3) is 0.771. The monoisotopic (exact) mass is 672 g/mol. The molecule has 0 aromatic heterocycles. The molecule has 4 atom stereocenters. The number of ketones is 2. The van der Waals surface area contributed by atoms with E-state index >= 15 is 0 Å². The molecule has 2 aliphatic heterocycles. The average Bonchev–Trinajstić information content (AvgIpc) is 3.38. The largest absolute Gasteiger partial charge is 0.481 e. The summed E-state index contributed by atoms with van der Waals surface area (Å²) in [6.45, 7) is 16.0. The lowest BCUT2D eigenvalue weighted by molar-refractivity contribution is -0.193. The smallest absolute Gasteiger partial charge is 0.371 e. The van der Waals surface area contributed by atoms with Crippen molar-refractivity contribution in [2.45, 2.75) is 165 Å². The van der Waals surface area contributed by atoms with Gasteiger partial charge >= 0.3 is 17.9 Å². The van der Waals surface area contributed by atoms with Gasteiger partial charge in [0.2, 0.25) is 18.4 Å². The standard InChI is InChI=1S/C14H22O3.C12H20O3.C3H4O3.C3H6O.C2H4O2.CH4/c1-10(2)12(15)17-13-14(9-11(3)16-13)7-5-4-6-8-14;1-9-8-12(6-4-3-5-7-12)11(14-9)15-10(2)13;1-2(4)3(5)6;1-3(2)4;1-2(3)4;/h11,13H,1,4-9H2,2-3H3;9,11H,3-8H2,1-2H3;1H3,(H,5,6);1-2H3;1H3,(H,3,4);1H4. The van der Waals surface area contributed by atoms with Gasteiger partial charge in [0.1, 0.15) is 5.78 Å². The Morgan fingerprint density at radius 2 is 0.957 bits per heavy atom. The number of ether oxygens (including phenoxy) is 4. The van der Waals surface area contributed by atoms with E-state index < -0.39 is 17.7 Å². The zero-order valence-electron chi connectivity index (χ0n) is 29.0. The number of carbonyl (C=O) groups excluding carboxylic acids is 4. The number of carboxylic acid groups (broad SMARTS) is 2. The molecule has 4 aliphatic rings. The van der Waals surface area contributed by atoms with Crippen LogP contribution in [0.15, 0.2) is 12.2 Å². The predicted molar refractivity (Wildman–Crippen MR) is 176 cm³/mol. The van der Waals surface area contributed by atoms with Gasteiger partial charge in [-0.1, -0.05) is 52.5 Å². The van der Waals surface area contributed by atoms with E-state index in [0.717, 1.165) is 52.4 Å². The number of aliphatic carboxylic acids is 2. The molecule has 2 heterocycles. The van der Waals surface area contributed by atoms with Crippen LogP contribution in [0.1, 0.15) is 140 Å². The van der Waals surface area contributed by atoms with Crippen molar-refractivity contribution in [1.82, 2.24) is 0 Å². The van der Waals surface area contributed by atoms with Gasteiger partial charge in [0.25, 0.3) is 5.97 Å². The number of carbonyl (C=O) groups is 6. The molecule has 0 aromatic carbocycles. The first-order chi connectivity index (χ1) is 21.3. The van der Waals surface area contributed by atoms with E-state index in [-0.39, 0.29) is 60.8 Å². The third-order valence-electron chi connectivity index (χ3n) is 7.94. The number of esters is 2. The first-order valence-corrected chi connectivity index (χ1v) is 16.0. The van der Waals surface area contributed by atoms with Gasteiger partial charge in [0.15, 0.2) is 0 Å². The van der Waals surface area contributed by atoms with Gasteiger partial charge in [0.05, 0.1) is 12.2 Å². The Morgan fingerprint density at radius 3 is 1.21 bits per heavy atom. The lowest BCUT2D eigenvalue weighted by Crippen LogP contribution is -2.36. The van der Waals surface area contributed by atoms with Crippen molar-refractivity contribution in [2.75, 3.05) is 0 Å². The maximum Gasteiger partial charge on any atom is 0.371 e. The Bertz CT molecular complexity index is 1010. The molecule has 2 saturated heterocycles. The van der Waals surface area contributed by atoms with Crippen LogP contribution >= 0.6 is 0 Å². The third-order valence-corrected chi connectivity index (χ3v) is 7.94. The van der Waals surface area contributed by atoms with Crippen molar-refractivity contribution in [2.24, 2.45) is 10.8 Å². The molecule has 4 unspecified atom stereocenters. The van der Waals surface area contributed by atoms with Gasteiger partial charge in [-0.25, -0.2) is 9.59 Å². The SMILES string of the molecule is C.C=C(C)C(=O)OC1OC(C)CC12CCCCC2.CC(=O)C(=O)O.CC(=O)O.CC(=O)OC1OC(C)CC12CCCCC2.CC(C)=O. The van der Waals surface area contributed by atoms with Gasteiger partial charge in [-0.3, -0.25) is 14.4 Å². The Morgan fingerprint density at radius 1 is 0.660 bits per heavy atom. The number of carboxylic acids is 2. The molecule has 0 aromatic rings. The number of Topliss-reactive ketones (excluding diaryl/α,β-unsaturated/α-hetero) is 2. The summed E-state index contributed by atoms with van der Waals surface area (Å²) in [7, 11) is 0. The lowest BCUT2D eigenvalue weighted by atomic mass is 9.71. The minimum Gasteiger partial charge on any atom is -0.481 e. The maximum atomic E-state index is 11.6. The molecule has 272 valence electrons. The topological polar surface area (TPSA) is 180 Å². The Balaban J connectivity index is 0. The summed E-state index contributed by atoms with van der Waals surface area (Å²) in [6, 6.07) is 0. The van der Waals surface area contributed by atoms with E-state index in [9.17, 15) is 24.0 Å². The first-order valence-electron chi connectivity index (χ1n) is 16.0. The minimum atomic E-state index is -1.38. The summed E-state index contributed by atoms with van der Waals surface area (Å²) < 4.78 is 22.3. The summed E-state index contributed by atoms with van der Waals surface area (Å²) >= 11 is 0. The molecule has 2 aliphatic carbocycles. The van der Waals surface area contributed by atoms with Crippen molar-refractivity contribution >= 4 is 35.4 Å². The second-order valence-electron chi connectivity index (χ2n) is 12.9. The molecule has 0 radical (unpaired) electrons. The van der Waals surface area contributed by atoms with Crippen LogP contribution in [0.25, 0.3) is 0 Å². The summed E-state index contributed by atoms with van der Waals surface area (Å²) in [5, 5.41) is 15.1. The summed E-state index contributed by atoms with van der Waals surface area (Å²) in [5.41, 5.74) is 0.644. The van der Waals surface area contributed by atoms with Gasteiger partial charge < -0.3 is 34.0 Å². The van der Waals surface area contributed by atoms with Crippen molar-refractivity contribution < 1.29 is 57.9 Å². The van der Waals surface area contributed by atoms with Crippen LogP contribution in [0.4, 0.5) is 0 Å². The second kappa shape index (κ2) is 22.4. The molecule has 2 spiro atoms. The van der Waals surface area contributed by atoms with Crippen LogP contribution in [-0.2, 0) is 47.7 Å². The van der Waals surface area contributed by atoms with E-state index in [1.54, 1.807) is 6.92 Å². The lowest BCUT2D eigenvalue weighted by Gasteiger charge is -2.36. The minimum absolute atomic E-state index is 0. The molecule has 12 heteroatoms. The molecular weight excluding hydrogens is 612 g/mol. The molecule has 4 fully saturated rings. The highest BCUT2D eigenvalue weighted by atomic mass is 16.7. The first kappa shape index (κ1) is 46.0. The third kappa shape index (κ3) is 18.1. The molecule has 47 heavy (non-hydrogen) atoms. The van der Waals surface area contributed by atoms with Crippen molar-refractivity contribution in [3.05, 3.63) is 12.2 Å². The van der Waals surface area contributed by atoms with Gasteiger partial charge in [-0.2, -0.15) is 0 Å². The number of rotatable bonds is 4. The highest BCUT2D eigenvalue weighted by Crippen LogP contribution is 2.50. The van der Waals surface area contributed by atoms with Crippen LogP contribution in [0.5, 0.6) is 0 Å². The normalized spacial score (nSPS) is 24.3. The summed E-state index contributed by atoms with van der Waals surface area (Å²) in [6.07, 6.45) is 13.9. The fourth-order valence-electron chi connectivity index (χ4n) is 6.19. The highest BCUT2D eigenvalue weighted by molar-refractivity contribution is 6.31. The highest BCUT2D eigenvalue weighted by Gasteiger charge is 2.50. The molecule has 2 N–H and O–H groups in total. The zero-order valence-corrected chi connectivity index (χ0v) is 29.0. The van der Waals surface area contributed by atoms with Gasteiger partial charge in [0, 0.05) is 37.2 Å². The molecular formula is C35H60O12. The van der Waals surface area contributed by atoms with E-state index in [1.165, 1.54) is 59.3 Å². The Hall–Kier alpha value is -3.12. The molecule has 0 bridgehead atoms. The van der Waals surface area contributed by atoms with Gasteiger partial charge in [-0.15, -0.1) is 0 Å². The van der Waals surface area contributed by atoms with Gasteiger partial charge in [-0.05, 0) is 73.1 Å². The average molecular weight is 673 g/mol. The Labute approximate surface area is 280 Å². The predicted octanol–water partition coefficient (Wildman–Crippen LogP) is 6.81. The van der Waals surface area contributed by atoms with Crippen LogP contribution < -0.4 is 0 Å². The van der Waals surface area contributed by atoms with Crippen molar-refractivity contribution in [1.29, 1.82) is 0 Å². The molecule has 12 nitrogen and oxygen atoms in total. The van der Waals surface area contributed by atoms with E-state index in [1.807, 2.05) is 0 Å². The van der Waals surface area contributed by atoms with E-state index in [2.05, 4.69) is 20.4 Å². The zero-order chi connectivity index (χ0) is 35.7. The number of hydrogen-bond donors (Lipinski definition) is 2. The van der Waals surface area contributed by atoms with Crippen LogP contribution in [0.3, 0.4) is 0 Å². The maximum absolute atomic E-state index is 11.6. The summed E-state index contributed by atoms with van der Waals surface area (Å²) in [5.74, 6) is -3.42. The van der Waals surface area contributed by atoms with Crippen LogP contribution in [0.2, 0.25) is 0 Å². The number of hydrogen-bond acceptors (Lipinski definition) is 10. The van der Waals surface area contributed by atoms with Crippen LogP contribution in [-0.4, -0.2) is 70.4 Å². The quantitative estimate of drug-likeness (QED) is 0.181. The molecule has 2 saturated carbocycles. The molecule has 4 rings (SSSR count). The fourth-order valence-corrected chi connectivity index (χ4v) is 6.19. The summed E-state index contributed by atoms with van der Waals surface area (Å²) in [4.78, 5) is 60.0. The van der Waals surface area contributed by atoms with Crippen molar-refractivity contribution in [3.63, 3.8) is 0 Å².